The number of aromatic nitrogens is 1. The number of hydrogen-bond acceptors (Lipinski definition) is 4. The highest BCUT2D eigenvalue weighted by Crippen LogP contribution is 2.33. The fraction of sp³-hybridized carbons (Fsp3) is 0.400. The predicted molar refractivity (Wildman–Crippen MR) is 105 cm³/mol. The molecular weight excluding hydrogens is 362 g/mol. The first-order chi connectivity index (χ1) is 13.0. The van der Waals surface area contributed by atoms with E-state index in [0.29, 0.717) is 30.6 Å². The van der Waals surface area contributed by atoms with Crippen LogP contribution in [0.15, 0.2) is 42.7 Å². The number of carbonyl (C=O) groups excluding carboxylic acids is 1. The van der Waals surface area contributed by atoms with Crippen LogP contribution in [-0.2, 0) is 16.4 Å². The van der Waals surface area contributed by atoms with E-state index in [-0.39, 0.29) is 11.2 Å². The molecule has 1 aromatic heterocycles. The molecule has 0 unspecified atom stereocenters. The van der Waals surface area contributed by atoms with Crippen LogP contribution >= 0.6 is 0 Å². The molecule has 0 atom stereocenters. The molecule has 6 nitrogen and oxygen atoms in total. The van der Waals surface area contributed by atoms with E-state index in [2.05, 4.69) is 9.71 Å². The maximum atomic E-state index is 12.8. The number of benzene rings is 1. The van der Waals surface area contributed by atoms with Gasteiger partial charge in [0.2, 0.25) is 10.0 Å². The molecule has 2 heterocycles. The second-order valence-electron chi connectivity index (χ2n) is 7.19. The fourth-order valence-electron chi connectivity index (χ4n) is 3.93. The van der Waals surface area contributed by atoms with Gasteiger partial charge in [0.25, 0.3) is 5.91 Å². The van der Waals surface area contributed by atoms with Gasteiger partial charge in [0.05, 0.1) is 10.9 Å². The number of anilines is 2. The maximum absolute atomic E-state index is 12.8. The highest BCUT2D eigenvalue weighted by Gasteiger charge is 2.29. The van der Waals surface area contributed by atoms with Crippen LogP contribution in [0.3, 0.4) is 0 Å². The standard InChI is InChI=1S/C20H23N3O3S/c24-20(16-8-11-21-12-9-16)23-13-10-15-6-7-17(14-19(15)23)22-27(25,26)18-4-2-1-3-5-18/h6-9,11-12,14,18,22H,1-5,10,13H2. The lowest BCUT2D eigenvalue weighted by Crippen LogP contribution is -2.30. The summed E-state index contributed by atoms with van der Waals surface area (Å²) in [5, 5.41) is -0.325. The minimum Gasteiger partial charge on any atom is -0.308 e. The van der Waals surface area contributed by atoms with Crippen LogP contribution in [0.5, 0.6) is 0 Å². The fourth-order valence-corrected chi connectivity index (χ4v) is 5.50. The molecule has 2 aromatic rings. The zero-order valence-electron chi connectivity index (χ0n) is 15.1. The van der Waals surface area contributed by atoms with Crippen LogP contribution in [0.25, 0.3) is 0 Å². The van der Waals surface area contributed by atoms with Gasteiger partial charge in [-0.05, 0) is 49.1 Å². The largest absolute Gasteiger partial charge is 0.308 e. The Labute approximate surface area is 159 Å². The SMILES string of the molecule is O=C(c1ccncc1)N1CCc2ccc(NS(=O)(=O)C3CCCCC3)cc21. The van der Waals surface area contributed by atoms with Crippen molar-refractivity contribution >= 4 is 27.3 Å². The van der Waals surface area contributed by atoms with Crippen LogP contribution in [-0.4, -0.2) is 31.1 Å². The van der Waals surface area contributed by atoms with Gasteiger partial charge in [-0.15, -0.1) is 0 Å². The minimum absolute atomic E-state index is 0.0940. The number of amides is 1. The molecule has 1 aromatic carbocycles. The van der Waals surface area contributed by atoms with Crippen LogP contribution in [0.2, 0.25) is 0 Å². The van der Waals surface area contributed by atoms with Gasteiger partial charge in [0.15, 0.2) is 0 Å². The molecule has 1 aliphatic heterocycles. The Morgan fingerprint density at radius 2 is 1.81 bits per heavy atom. The topological polar surface area (TPSA) is 79.4 Å². The molecule has 1 saturated carbocycles. The van der Waals surface area contributed by atoms with E-state index in [1.807, 2.05) is 6.07 Å². The molecule has 1 N–H and O–H groups in total. The van der Waals surface area contributed by atoms with Crippen molar-refractivity contribution in [2.75, 3.05) is 16.2 Å². The third kappa shape index (κ3) is 3.69. The summed E-state index contributed by atoms with van der Waals surface area (Å²) < 4.78 is 28.1. The summed E-state index contributed by atoms with van der Waals surface area (Å²) >= 11 is 0. The number of nitrogens with one attached hydrogen (secondary N) is 1. The van der Waals surface area contributed by atoms with Gasteiger partial charge in [-0.3, -0.25) is 14.5 Å². The first kappa shape index (κ1) is 18.0. The molecule has 0 radical (unpaired) electrons. The molecule has 2 aliphatic rings. The Kier molecular flexibility index (Phi) is 4.86. The molecule has 1 amide bonds. The lowest BCUT2D eigenvalue weighted by Gasteiger charge is -2.23. The van der Waals surface area contributed by atoms with Crippen molar-refractivity contribution in [2.24, 2.45) is 0 Å². The highest BCUT2D eigenvalue weighted by molar-refractivity contribution is 7.93. The molecule has 1 fully saturated rings. The average molecular weight is 385 g/mol. The summed E-state index contributed by atoms with van der Waals surface area (Å²) in [6.45, 7) is 0.593. The molecule has 0 bridgehead atoms. The van der Waals surface area contributed by atoms with Gasteiger partial charge in [-0.25, -0.2) is 8.42 Å². The number of rotatable bonds is 4. The number of hydrogen-bond donors (Lipinski definition) is 1. The third-order valence-corrected chi connectivity index (χ3v) is 7.27. The average Bonchev–Trinajstić information content (AvgIpc) is 3.12. The number of sulfonamides is 1. The number of fused-ring (bicyclic) bond motifs is 1. The molecule has 1 aliphatic carbocycles. The lowest BCUT2D eigenvalue weighted by molar-refractivity contribution is 0.0989. The van der Waals surface area contributed by atoms with Gasteiger partial charge in [0, 0.05) is 30.2 Å². The van der Waals surface area contributed by atoms with E-state index in [1.165, 1.54) is 0 Å². The van der Waals surface area contributed by atoms with Crippen LogP contribution in [0, 0.1) is 0 Å². The Morgan fingerprint density at radius 3 is 2.56 bits per heavy atom. The van der Waals surface area contributed by atoms with Gasteiger partial charge < -0.3 is 4.90 Å². The normalized spacial score (nSPS) is 17.6. The van der Waals surface area contributed by atoms with Crippen molar-refractivity contribution < 1.29 is 13.2 Å². The number of carbonyl (C=O) groups is 1. The predicted octanol–water partition coefficient (Wildman–Crippen LogP) is 3.36. The first-order valence-corrected chi connectivity index (χ1v) is 11.0. The van der Waals surface area contributed by atoms with E-state index in [9.17, 15) is 13.2 Å². The van der Waals surface area contributed by atoms with E-state index in [4.69, 9.17) is 0 Å². The summed E-state index contributed by atoms with van der Waals surface area (Å²) in [6, 6.07) is 8.86. The van der Waals surface area contributed by atoms with Crippen molar-refractivity contribution in [3.05, 3.63) is 53.9 Å². The molecule has 27 heavy (non-hydrogen) atoms. The van der Waals surface area contributed by atoms with Crippen molar-refractivity contribution in [3.8, 4) is 0 Å². The van der Waals surface area contributed by atoms with Gasteiger partial charge in [-0.2, -0.15) is 0 Å². The van der Waals surface area contributed by atoms with E-state index >= 15 is 0 Å². The molecular formula is C20H23N3O3S. The Balaban J connectivity index is 1.57. The van der Waals surface area contributed by atoms with Crippen LogP contribution < -0.4 is 9.62 Å². The molecule has 142 valence electrons. The summed E-state index contributed by atoms with van der Waals surface area (Å²) in [4.78, 5) is 18.5. The van der Waals surface area contributed by atoms with Gasteiger partial charge >= 0.3 is 0 Å². The number of nitrogens with zero attached hydrogens (tertiary/aromatic N) is 2. The first-order valence-electron chi connectivity index (χ1n) is 9.41. The van der Waals surface area contributed by atoms with Gasteiger partial charge in [0.1, 0.15) is 0 Å². The summed E-state index contributed by atoms with van der Waals surface area (Å²) in [5.41, 5.74) is 2.93. The second-order valence-corrected chi connectivity index (χ2v) is 9.15. The maximum Gasteiger partial charge on any atom is 0.258 e. The van der Waals surface area contributed by atoms with E-state index in [0.717, 1.165) is 36.9 Å². The third-order valence-electron chi connectivity index (χ3n) is 5.40. The van der Waals surface area contributed by atoms with E-state index < -0.39 is 10.0 Å². The Hall–Kier alpha value is -2.41. The summed E-state index contributed by atoms with van der Waals surface area (Å²) in [6.07, 6.45) is 8.42. The van der Waals surface area contributed by atoms with Crippen molar-refractivity contribution in [2.45, 2.75) is 43.8 Å². The summed E-state index contributed by atoms with van der Waals surface area (Å²) in [5.74, 6) is -0.0940. The molecule has 0 spiro atoms. The summed E-state index contributed by atoms with van der Waals surface area (Å²) in [7, 11) is -3.41. The second kappa shape index (κ2) is 7.31. The van der Waals surface area contributed by atoms with Crippen LogP contribution in [0.1, 0.15) is 48.0 Å². The molecule has 0 saturated heterocycles. The van der Waals surface area contributed by atoms with Crippen molar-refractivity contribution in [3.63, 3.8) is 0 Å². The number of pyridine rings is 1. The smallest absolute Gasteiger partial charge is 0.258 e. The zero-order valence-corrected chi connectivity index (χ0v) is 15.9. The Bertz CT molecular complexity index is 938. The Morgan fingerprint density at radius 1 is 1.07 bits per heavy atom. The van der Waals surface area contributed by atoms with Crippen LogP contribution in [0.4, 0.5) is 11.4 Å². The van der Waals surface area contributed by atoms with Crippen molar-refractivity contribution in [1.29, 1.82) is 0 Å². The zero-order chi connectivity index (χ0) is 18.9. The molecule has 4 rings (SSSR count). The minimum atomic E-state index is -3.41. The monoisotopic (exact) mass is 385 g/mol. The van der Waals surface area contributed by atoms with E-state index in [1.54, 1.807) is 41.6 Å². The van der Waals surface area contributed by atoms with Crippen molar-refractivity contribution in [1.82, 2.24) is 4.98 Å². The van der Waals surface area contributed by atoms with Gasteiger partial charge in [-0.1, -0.05) is 25.3 Å². The lowest BCUT2D eigenvalue weighted by atomic mass is 10.0. The quantitative estimate of drug-likeness (QED) is 0.875. The molecule has 7 heteroatoms. The highest BCUT2D eigenvalue weighted by atomic mass is 32.2.